The van der Waals surface area contributed by atoms with Gasteiger partial charge in [-0.3, -0.25) is 19.3 Å². The summed E-state index contributed by atoms with van der Waals surface area (Å²) in [6.07, 6.45) is 0.814. The number of fused-ring (bicyclic) bond motifs is 2. The standard InChI is InChI=1S/C24H28N6O4S/c1-13-3-4-15-14(7-13)8-17(25-15)22(33)26-18-9-30(12-21(31)32)10-19(18)27-23(34)24-28-16-5-6-29(2)11-20(16)35-24/h3-4,7-8,18-19,25H,5-6,9-12H2,1-2H3,(H,26,33)(H,27,34)(H,31,32)/t18-,19-/m1/s1. The summed E-state index contributed by atoms with van der Waals surface area (Å²) in [5.74, 6) is -1.55. The number of benzene rings is 1. The zero-order valence-corrected chi connectivity index (χ0v) is 20.4. The van der Waals surface area contributed by atoms with Gasteiger partial charge in [0.05, 0.1) is 24.3 Å². The maximum atomic E-state index is 13.0. The fourth-order valence-electron chi connectivity index (χ4n) is 4.77. The average molecular weight is 497 g/mol. The molecule has 0 unspecified atom stereocenters. The van der Waals surface area contributed by atoms with Gasteiger partial charge in [0.2, 0.25) is 0 Å². The van der Waals surface area contributed by atoms with Gasteiger partial charge in [-0.05, 0) is 32.2 Å². The molecular formula is C24H28N6O4S. The first-order valence-electron chi connectivity index (χ1n) is 11.6. The molecule has 3 aromatic rings. The van der Waals surface area contributed by atoms with Gasteiger partial charge in [-0.15, -0.1) is 11.3 Å². The van der Waals surface area contributed by atoms with Crippen LogP contribution in [0.4, 0.5) is 0 Å². The summed E-state index contributed by atoms with van der Waals surface area (Å²) in [5.41, 5.74) is 3.35. The molecule has 0 saturated carbocycles. The minimum absolute atomic E-state index is 0.164. The molecule has 0 aliphatic carbocycles. The van der Waals surface area contributed by atoms with Gasteiger partial charge >= 0.3 is 5.97 Å². The summed E-state index contributed by atoms with van der Waals surface area (Å²) in [6, 6.07) is 6.81. The van der Waals surface area contributed by atoms with Gasteiger partial charge in [0, 0.05) is 48.4 Å². The van der Waals surface area contributed by atoms with E-state index in [0.717, 1.165) is 46.5 Å². The van der Waals surface area contributed by atoms with Gasteiger partial charge in [0.15, 0.2) is 5.01 Å². The van der Waals surface area contributed by atoms with Crippen LogP contribution in [0.1, 0.15) is 36.4 Å². The lowest BCUT2D eigenvalue weighted by Gasteiger charge is -2.20. The number of aliphatic carboxylic acids is 1. The summed E-state index contributed by atoms with van der Waals surface area (Å²) in [6.45, 7) is 4.16. The number of aromatic nitrogens is 2. The number of nitrogens with zero attached hydrogens (tertiary/aromatic N) is 3. The molecule has 0 spiro atoms. The molecule has 1 fully saturated rings. The van der Waals surface area contributed by atoms with E-state index in [9.17, 15) is 19.5 Å². The third kappa shape index (κ3) is 5.07. The van der Waals surface area contributed by atoms with Crippen molar-refractivity contribution in [2.45, 2.75) is 32.0 Å². The minimum atomic E-state index is -0.954. The SMILES string of the molecule is Cc1ccc2[nH]c(C(=O)N[C@@H]3CN(CC(=O)O)C[C@H]3NC(=O)c3nc4c(s3)CN(C)CC4)cc2c1. The molecule has 2 amide bonds. The minimum Gasteiger partial charge on any atom is -0.480 e. The number of hydrogen-bond donors (Lipinski definition) is 4. The Morgan fingerprint density at radius 1 is 1.17 bits per heavy atom. The van der Waals surface area contributed by atoms with E-state index in [2.05, 4.69) is 25.5 Å². The van der Waals surface area contributed by atoms with E-state index in [0.29, 0.717) is 23.8 Å². The van der Waals surface area contributed by atoms with E-state index >= 15 is 0 Å². The van der Waals surface area contributed by atoms with E-state index in [-0.39, 0.29) is 18.4 Å². The molecule has 0 bridgehead atoms. The Bertz CT molecular complexity index is 1300. The van der Waals surface area contributed by atoms with Crippen molar-refractivity contribution in [3.8, 4) is 0 Å². The highest BCUT2D eigenvalue weighted by Gasteiger charge is 2.36. The van der Waals surface area contributed by atoms with E-state index in [4.69, 9.17) is 0 Å². The molecule has 4 N–H and O–H groups in total. The highest BCUT2D eigenvalue weighted by atomic mass is 32.1. The third-order valence-electron chi connectivity index (χ3n) is 6.52. The summed E-state index contributed by atoms with van der Waals surface area (Å²) >= 11 is 1.39. The van der Waals surface area contributed by atoms with Gasteiger partial charge < -0.3 is 25.6 Å². The van der Waals surface area contributed by atoms with Crippen LogP contribution in [-0.2, 0) is 17.8 Å². The molecule has 1 saturated heterocycles. The second-order valence-electron chi connectivity index (χ2n) is 9.40. The number of carboxylic acids is 1. The smallest absolute Gasteiger partial charge is 0.317 e. The van der Waals surface area contributed by atoms with Crippen LogP contribution >= 0.6 is 11.3 Å². The number of carbonyl (C=O) groups is 3. The van der Waals surface area contributed by atoms with E-state index in [1.807, 2.05) is 32.2 Å². The lowest BCUT2D eigenvalue weighted by Crippen LogP contribution is -2.51. The molecule has 2 aromatic heterocycles. The molecule has 11 heteroatoms. The van der Waals surface area contributed by atoms with Crippen LogP contribution in [0.25, 0.3) is 10.9 Å². The number of nitrogens with one attached hydrogen (secondary N) is 3. The first kappa shape index (κ1) is 23.5. The molecule has 1 aromatic carbocycles. The quantitative estimate of drug-likeness (QED) is 0.404. The summed E-state index contributed by atoms with van der Waals surface area (Å²) in [4.78, 5) is 50.1. The largest absolute Gasteiger partial charge is 0.480 e. The Labute approximate surface area is 206 Å². The molecule has 2 aliphatic rings. The number of H-pyrrole nitrogens is 1. The van der Waals surface area contributed by atoms with Crippen LogP contribution in [0.5, 0.6) is 0 Å². The van der Waals surface area contributed by atoms with Crippen molar-refractivity contribution in [2.24, 2.45) is 0 Å². The second kappa shape index (κ2) is 9.40. The van der Waals surface area contributed by atoms with E-state index in [1.54, 1.807) is 11.0 Å². The fraction of sp³-hybridized carbons (Fsp3) is 0.417. The number of likely N-dealkylation sites (tertiary alicyclic amines) is 1. The Kier molecular flexibility index (Phi) is 6.30. The highest BCUT2D eigenvalue weighted by Crippen LogP contribution is 2.25. The number of aryl methyl sites for hydroxylation is 1. The monoisotopic (exact) mass is 496 g/mol. The van der Waals surface area contributed by atoms with E-state index in [1.165, 1.54) is 11.3 Å². The molecule has 10 nitrogen and oxygen atoms in total. The average Bonchev–Trinajstić information content (AvgIpc) is 3.49. The number of carbonyl (C=O) groups excluding carboxylic acids is 2. The Balaban J connectivity index is 1.31. The van der Waals surface area contributed by atoms with Crippen molar-refractivity contribution < 1.29 is 19.5 Å². The predicted molar refractivity (Wildman–Crippen MR) is 132 cm³/mol. The van der Waals surface area contributed by atoms with E-state index < -0.39 is 18.1 Å². The summed E-state index contributed by atoms with van der Waals surface area (Å²) in [5, 5.41) is 16.6. The zero-order chi connectivity index (χ0) is 24.7. The highest BCUT2D eigenvalue weighted by molar-refractivity contribution is 7.13. The first-order valence-corrected chi connectivity index (χ1v) is 12.4. The molecule has 4 heterocycles. The number of carboxylic acid groups (broad SMARTS) is 1. The van der Waals surface area contributed by atoms with Crippen LogP contribution in [0.2, 0.25) is 0 Å². The summed E-state index contributed by atoms with van der Waals surface area (Å²) < 4.78 is 0. The number of rotatable bonds is 6. The van der Waals surface area contributed by atoms with Crippen molar-refractivity contribution in [3.05, 3.63) is 51.1 Å². The topological polar surface area (TPSA) is 131 Å². The summed E-state index contributed by atoms with van der Waals surface area (Å²) in [7, 11) is 2.04. The van der Waals surface area contributed by atoms with Crippen LogP contribution in [0, 0.1) is 6.92 Å². The molecule has 0 radical (unpaired) electrons. The molecule has 5 rings (SSSR count). The molecule has 184 valence electrons. The maximum absolute atomic E-state index is 13.0. The van der Waals surface area contributed by atoms with Crippen LogP contribution in [0.3, 0.4) is 0 Å². The van der Waals surface area contributed by atoms with Crippen molar-refractivity contribution >= 4 is 40.0 Å². The predicted octanol–water partition coefficient (Wildman–Crippen LogP) is 1.22. The van der Waals surface area contributed by atoms with Crippen molar-refractivity contribution in [1.82, 2.24) is 30.4 Å². The van der Waals surface area contributed by atoms with Crippen molar-refractivity contribution in [2.75, 3.05) is 33.2 Å². The lowest BCUT2D eigenvalue weighted by molar-refractivity contribution is -0.138. The lowest BCUT2D eigenvalue weighted by atomic mass is 10.1. The van der Waals surface area contributed by atoms with Crippen LogP contribution < -0.4 is 10.6 Å². The number of hydrogen-bond acceptors (Lipinski definition) is 7. The van der Waals surface area contributed by atoms with Gasteiger partial charge in [-0.25, -0.2) is 4.98 Å². The number of aromatic amines is 1. The van der Waals surface area contributed by atoms with Gasteiger partial charge in [-0.1, -0.05) is 11.6 Å². The number of thiazole rings is 1. The van der Waals surface area contributed by atoms with Gasteiger partial charge in [0.1, 0.15) is 5.69 Å². The second-order valence-corrected chi connectivity index (χ2v) is 10.5. The maximum Gasteiger partial charge on any atom is 0.317 e. The van der Waals surface area contributed by atoms with Crippen LogP contribution in [0.15, 0.2) is 24.3 Å². The van der Waals surface area contributed by atoms with Crippen molar-refractivity contribution in [1.29, 1.82) is 0 Å². The van der Waals surface area contributed by atoms with Gasteiger partial charge in [-0.2, -0.15) is 0 Å². The van der Waals surface area contributed by atoms with Crippen molar-refractivity contribution in [3.63, 3.8) is 0 Å². The number of amides is 2. The van der Waals surface area contributed by atoms with Gasteiger partial charge in [0.25, 0.3) is 11.8 Å². The third-order valence-corrected chi connectivity index (χ3v) is 7.61. The number of likely N-dealkylation sites (N-methyl/N-ethyl adjacent to an activating group) is 1. The normalized spacial score (nSPS) is 20.6. The first-order chi connectivity index (χ1) is 16.7. The molecule has 2 atom stereocenters. The Hall–Kier alpha value is -3.28. The zero-order valence-electron chi connectivity index (χ0n) is 19.6. The fourth-order valence-corrected chi connectivity index (χ4v) is 5.86. The Morgan fingerprint density at radius 2 is 1.91 bits per heavy atom. The Morgan fingerprint density at radius 3 is 2.66 bits per heavy atom. The molecular weight excluding hydrogens is 468 g/mol. The van der Waals surface area contributed by atoms with Crippen LogP contribution in [-0.4, -0.2) is 88.0 Å². The molecule has 2 aliphatic heterocycles. The molecule has 35 heavy (non-hydrogen) atoms.